The standard InChI is InChI=1S/C16H24N2O3/c1-15(2,14(20)21)16(3,4)17-13(19)11-7-9-12(10-8-11)18(5)6/h7-10H,1-6H3,(H,17,19)(H,20,21). The molecule has 21 heavy (non-hydrogen) atoms. The van der Waals surface area contributed by atoms with Crippen LogP contribution in [-0.2, 0) is 4.79 Å². The Labute approximate surface area is 126 Å². The van der Waals surface area contributed by atoms with Gasteiger partial charge in [0.1, 0.15) is 0 Å². The Morgan fingerprint density at radius 3 is 1.90 bits per heavy atom. The smallest absolute Gasteiger partial charge is 0.311 e. The lowest BCUT2D eigenvalue weighted by Crippen LogP contribution is -2.56. The van der Waals surface area contributed by atoms with Gasteiger partial charge in [-0.15, -0.1) is 0 Å². The summed E-state index contributed by atoms with van der Waals surface area (Å²) in [6.45, 7) is 6.63. The number of amides is 1. The fraction of sp³-hybridized carbons (Fsp3) is 0.500. The molecule has 0 saturated carbocycles. The van der Waals surface area contributed by atoms with Gasteiger partial charge in [-0.1, -0.05) is 0 Å². The van der Waals surface area contributed by atoms with Gasteiger partial charge in [-0.3, -0.25) is 9.59 Å². The fourth-order valence-electron chi connectivity index (χ4n) is 1.69. The molecule has 0 spiro atoms. The molecule has 5 nitrogen and oxygen atoms in total. The Kier molecular flexibility index (Phi) is 4.66. The van der Waals surface area contributed by atoms with Crippen molar-refractivity contribution < 1.29 is 14.7 Å². The maximum absolute atomic E-state index is 12.3. The zero-order valence-electron chi connectivity index (χ0n) is 13.5. The fourth-order valence-corrected chi connectivity index (χ4v) is 1.69. The van der Waals surface area contributed by atoms with E-state index in [1.807, 2.05) is 31.1 Å². The van der Waals surface area contributed by atoms with Crippen LogP contribution in [-0.4, -0.2) is 36.6 Å². The van der Waals surface area contributed by atoms with E-state index < -0.39 is 16.9 Å². The molecule has 5 heteroatoms. The van der Waals surface area contributed by atoms with Crippen molar-refractivity contribution in [3.05, 3.63) is 29.8 Å². The molecule has 0 heterocycles. The van der Waals surface area contributed by atoms with Crippen LogP contribution in [0.25, 0.3) is 0 Å². The first-order chi connectivity index (χ1) is 9.49. The number of carbonyl (C=O) groups excluding carboxylic acids is 1. The number of carboxylic acids is 1. The summed E-state index contributed by atoms with van der Waals surface area (Å²) in [5.41, 5.74) is -0.450. The largest absolute Gasteiger partial charge is 0.481 e. The molecule has 0 radical (unpaired) electrons. The van der Waals surface area contributed by atoms with E-state index in [1.54, 1.807) is 39.8 Å². The molecule has 0 atom stereocenters. The summed E-state index contributed by atoms with van der Waals surface area (Å²) in [7, 11) is 3.85. The predicted molar refractivity (Wildman–Crippen MR) is 83.7 cm³/mol. The Morgan fingerprint density at radius 1 is 1.05 bits per heavy atom. The number of rotatable bonds is 5. The number of anilines is 1. The van der Waals surface area contributed by atoms with Crippen molar-refractivity contribution in [3.63, 3.8) is 0 Å². The maximum Gasteiger partial charge on any atom is 0.311 e. The molecule has 0 aliphatic heterocycles. The van der Waals surface area contributed by atoms with Crippen molar-refractivity contribution in [1.82, 2.24) is 5.32 Å². The molecule has 1 aromatic carbocycles. The van der Waals surface area contributed by atoms with E-state index >= 15 is 0 Å². The van der Waals surface area contributed by atoms with Crippen molar-refractivity contribution in [1.29, 1.82) is 0 Å². The summed E-state index contributed by atoms with van der Waals surface area (Å²) in [5.74, 6) is -1.23. The molecule has 1 amide bonds. The monoisotopic (exact) mass is 292 g/mol. The zero-order chi connectivity index (χ0) is 16.4. The summed E-state index contributed by atoms with van der Waals surface area (Å²) < 4.78 is 0. The van der Waals surface area contributed by atoms with Gasteiger partial charge in [0.15, 0.2) is 0 Å². The number of hydrogen-bond donors (Lipinski definition) is 2. The van der Waals surface area contributed by atoms with Gasteiger partial charge in [0, 0.05) is 25.3 Å². The first-order valence-corrected chi connectivity index (χ1v) is 6.82. The minimum atomic E-state index is -1.08. The third-order valence-electron chi connectivity index (χ3n) is 4.17. The molecule has 0 aromatic heterocycles. The predicted octanol–water partition coefficient (Wildman–Crippen LogP) is 2.37. The SMILES string of the molecule is CN(C)c1ccc(C(=O)NC(C)(C)C(C)(C)C(=O)O)cc1. The third-order valence-corrected chi connectivity index (χ3v) is 4.17. The molecule has 0 saturated heterocycles. The minimum Gasteiger partial charge on any atom is -0.481 e. The van der Waals surface area contributed by atoms with Gasteiger partial charge in [-0.05, 0) is 52.0 Å². The van der Waals surface area contributed by atoms with Crippen molar-refractivity contribution in [2.24, 2.45) is 5.41 Å². The van der Waals surface area contributed by atoms with Crippen LogP contribution in [0.3, 0.4) is 0 Å². The van der Waals surface area contributed by atoms with Crippen LogP contribution in [0.5, 0.6) is 0 Å². The summed E-state index contributed by atoms with van der Waals surface area (Å²) in [5, 5.41) is 12.1. The van der Waals surface area contributed by atoms with E-state index in [1.165, 1.54) is 0 Å². The number of benzene rings is 1. The number of nitrogens with zero attached hydrogens (tertiary/aromatic N) is 1. The molecule has 116 valence electrons. The number of hydrogen-bond acceptors (Lipinski definition) is 3. The van der Waals surface area contributed by atoms with E-state index in [2.05, 4.69) is 5.32 Å². The topological polar surface area (TPSA) is 69.6 Å². The summed E-state index contributed by atoms with van der Waals surface area (Å²) in [6.07, 6.45) is 0. The Hall–Kier alpha value is -2.04. The van der Waals surface area contributed by atoms with Crippen LogP contribution >= 0.6 is 0 Å². The lowest BCUT2D eigenvalue weighted by Gasteiger charge is -2.38. The van der Waals surface area contributed by atoms with Crippen LogP contribution in [0.2, 0.25) is 0 Å². The van der Waals surface area contributed by atoms with Crippen LogP contribution in [0.15, 0.2) is 24.3 Å². The van der Waals surface area contributed by atoms with Crippen molar-refractivity contribution in [2.45, 2.75) is 33.2 Å². The van der Waals surface area contributed by atoms with Crippen molar-refractivity contribution in [2.75, 3.05) is 19.0 Å². The molecule has 1 aromatic rings. The van der Waals surface area contributed by atoms with E-state index in [0.717, 1.165) is 5.69 Å². The van der Waals surface area contributed by atoms with Crippen LogP contribution in [0.4, 0.5) is 5.69 Å². The molecule has 0 unspecified atom stereocenters. The molecule has 0 aliphatic carbocycles. The minimum absolute atomic E-state index is 0.278. The number of carboxylic acid groups (broad SMARTS) is 1. The van der Waals surface area contributed by atoms with Crippen molar-refractivity contribution in [3.8, 4) is 0 Å². The summed E-state index contributed by atoms with van der Waals surface area (Å²) >= 11 is 0. The second-order valence-electron chi connectivity index (χ2n) is 6.45. The van der Waals surface area contributed by atoms with Gasteiger partial charge in [-0.25, -0.2) is 0 Å². The van der Waals surface area contributed by atoms with E-state index in [0.29, 0.717) is 5.56 Å². The van der Waals surface area contributed by atoms with Crippen LogP contribution < -0.4 is 10.2 Å². The summed E-state index contributed by atoms with van der Waals surface area (Å²) in [4.78, 5) is 25.6. The second-order valence-corrected chi connectivity index (χ2v) is 6.45. The van der Waals surface area contributed by atoms with Gasteiger partial charge in [0.05, 0.1) is 11.0 Å². The highest BCUT2D eigenvalue weighted by Crippen LogP contribution is 2.31. The van der Waals surface area contributed by atoms with Crippen LogP contribution in [0, 0.1) is 5.41 Å². The van der Waals surface area contributed by atoms with Gasteiger partial charge < -0.3 is 15.3 Å². The molecule has 0 fully saturated rings. The molecule has 0 aliphatic rings. The number of carbonyl (C=O) groups is 2. The quantitative estimate of drug-likeness (QED) is 0.874. The molecule has 0 bridgehead atoms. The zero-order valence-corrected chi connectivity index (χ0v) is 13.5. The van der Waals surface area contributed by atoms with Gasteiger partial charge in [0.2, 0.25) is 0 Å². The van der Waals surface area contributed by atoms with Gasteiger partial charge in [0.25, 0.3) is 5.91 Å². The molecule has 2 N–H and O–H groups in total. The average Bonchev–Trinajstić information content (AvgIpc) is 2.37. The second kappa shape index (κ2) is 5.76. The van der Waals surface area contributed by atoms with Crippen molar-refractivity contribution >= 4 is 17.6 Å². The number of nitrogens with one attached hydrogen (secondary N) is 1. The van der Waals surface area contributed by atoms with E-state index in [-0.39, 0.29) is 5.91 Å². The lowest BCUT2D eigenvalue weighted by atomic mass is 9.74. The number of aliphatic carboxylic acids is 1. The van der Waals surface area contributed by atoms with E-state index in [9.17, 15) is 14.7 Å². The molecular formula is C16H24N2O3. The highest BCUT2D eigenvalue weighted by Gasteiger charge is 2.44. The summed E-state index contributed by atoms with van der Waals surface area (Å²) in [6, 6.07) is 7.16. The lowest BCUT2D eigenvalue weighted by molar-refractivity contribution is -0.150. The van der Waals surface area contributed by atoms with E-state index in [4.69, 9.17) is 0 Å². The first kappa shape index (κ1) is 17.0. The highest BCUT2D eigenvalue weighted by atomic mass is 16.4. The van der Waals surface area contributed by atoms with Gasteiger partial charge in [-0.2, -0.15) is 0 Å². The third kappa shape index (κ3) is 3.54. The van der Waals surface area contributed by atoms with Gasteiger partial charge >= 0.3 is 5.97 Å². The highest BCUT2D eigenvalue weighted by molar-refractivity contribution is 5.95. The Balaban J connectivity index is 2.92. The Bertz CT molecular complexity index is 531. The first-order valence-electron chi connectivity index (χ1n) is 6.82. The molecule has 1 rings (SSSR count). The van der Waals surface area contributed by atoms with Crippen LogP contribution in [0.1, 0.15) is 38.1 Å². The normalized spacial score (nSPS) is 11.9. The molecular weight excluding hydrogens is 268 g/mol. The average molecular weight is 292 g/mol. The Morgan fingerprint density at radius 2 is 1.52 bits per heavy atom. The maximum atomic E-state index is 12.3.